The van der Waals surface area contributed by atoms with Crippen molar-refractivity contribution < 1.29 is 0 Å². The number of fused-ring (bicyclic) bond motifs is 1. The molecule has 0 heterocycles. The van der Waals surface area contributed by atoms with E-state index in [9.17, 15) is 0 Å². The molecule has 1 unspecified atom stereocenters. The van der Waals surface area contributed by atoms with Crippen LogP contribution in [0.5, 0.6) is 0 Å². The average Bonchev–Trinajstić information content (AvgIpc) is 2.29. The largest absolute Gasteiger partial charge is 0.370 e. The van der Waals surface area contributed by atoms with Crippen molar-refractivity contribution in [3.05, 3.63) is 34.4 Å². The number of guanidine groups is 2. The molecule has 0 aromatic heterocycles. The summed E-state index contributed by atoms with van der Waals surface area (Å²) in [6, 6.07) is 4.47. The highest BCUT2D eigenvalue weighted by Crippen LogP contribution is 2.35. The third kappa shape index (κ3) is 3.05. The molecule has 1 aliphatic rings. The first kappa shape index (κ1) is 13.4. The highest BCUT2D eigenvalue weighted by atomic mass is 15.1. The number of nitrogens with zero attached hydrogens (tertiary/aromatic N) is 2. The van der Waals surface area contributed by atoms with E-state index in [4.69, 9.17) is 17.2 Å². The second-order valence-electron chi connectivity index (χ2n) is 5.08. The maximum atomic E-state index is 5.74. The molecule has 5 heteroatoms. The summed E-state index contributed by atoms with van der Waals surface area (Å²) < 4.78 is 0. The molecule has 102 valence electrons. The lowest BCUT2D eigenvalue weighted by molar-refractivity contribution is 0.569. The van der Waals surface area contributed by atoms with Crippen molar-refractivity contribution in [2.45, 2.75) is 39.2 Å². The lowest BCUT2D eigenvalue weighted by Crippen LogP contribution is -2.27. The Morgan fingerprint density at radius 3 is 2.63 bits per heavy atom. The Labute approximate surface area is 113 Å². The molecule has 1 aromatic carbocycles. The van der Waals surface area contributed by atoms with Crippen molar-refractivity contribution in [2.75, 3.05) is 0 Å². The van der Waals surface area contributed by atoms with Crippen LogP contribution in [0.15, 0.2) is 22.1 Å². The molecule has 6 N–H and O–H groups in total. The van der Waals surface area contributed by atoms with E-state index < -0.39 is 0 Å². The second kappa shape index (κ2) is 5.30. The van der Waals surface area contributed by atoms with Gasteiger partial charge in [-0.1, -0.05) is 17.7 Å². The van der Waals surface area contributed by atoms with Crippen LogP contribution < -0.4 is 17.2 Å². The zero-order valence-electron chi connectivity index (χ0n) is 11.5. The topological polar surface area (TPSA) is 103 Å². The van der Waals surface area contributed by atoms with Crippen LogP contribution in [-0.4, -0.2) is 11.9 Å². The summed E-state index contributed by atoms with van der Waals surface area (Å²) in [6.07, 6.45) is 3.20. The number of benzene rings is 1. The molecule has 1 aliphatic carbocycles. The molecule has 1 atom stereocenters. The minimum atomic E-state index is -0.0577. The van der Waals surface area contributed by atoms with Crippen molar-refractivity contribution in [1.82, 2.24) is 0 Å². The molecule has 0 saturated heterocycles. The number of hydrogen-bond donors (Lipinski definition) is 3. The van der Waals surface area contributed by atoms with Crippen LogP contribution >= 0.6 is 0 Å². The normalized spacial score (nSPS) is 18.8. The minimum Gasteiger partial charge on any atom is -0.370 e. The Morgan fingerprint density at radius 1 is 1.21 bits per heavy atom. The fraction of sp³-hybridized carbons (Fsp3) is 0.429. The fourth-order valence-corrected chi connectivity index (χ4v) is 2.75. The second-order valence-corrected chi connectivity index (χ2v) is 5.08. The lowest BCUT2D eigenvalue weighted by Gasteiger charge is -2.24. The summed E-state index contributed by atoms with van der Waals surface area (Å²) >= 11 is 0. The predicted molar refractivity (Wildman–Crippen MR) is 79.0 cm³/mol. The van der Waals surface area contributed by atoms with Crippen LogP contribution in [0.3, 0.4) is 0 Å². The highest BCUT2D eigenvalue weighted by molar-refractivity contribution is 5.92. The van der Waals surface area contributed by atoms with Gasteiger partial charge in [0.25, 0.3) is 0 Å². The molecular weight excluding hydrogens is 238 g/mol. The van der Waals surface area contributed by atoms with E-state index in [0.29, 0.717) is 0 Å². The van der Waals surface area contributed by atoms with Crippen molar-refractivity contribution in [1.29, 1.82) is 0 Å². The Morgan fingerprint density at radius 2 is 1.95 bits per heavy atom. The molecule has 5 nitrogen and oxygen atoms in total. The van der Waals surface area contributed by atoms with Gasteiger partial charge in [-0.2, -0.15) is 4.99 Å². The van der Waals surface area contributed by atoms with Crippen LogP contribution in [0, 0.1) is 13.8 Å². The molecule has 0 aliphatic heterocycles. The summed E-state index contributed by atoms with van der Waals surface area (Å²) in [7, 11) is 0. The highest BCUT2D eigenvalue weighted by Gasteiger charge is 2.21. The third-order valence-electron chi connectivity index (χ3n) is 3.45. The van der Waals surface area contributed by atoms with Gasteiger partial charge in [0.1, 0.15) is 0 Å². The van der Waals surface area contributed by atoms with Crippen LogP contribution in [0.25, 0.3) is 0 Å². The number of nitrogens with two attached hydrogens (primary N) is 3. The van der Waals surface area contributed by atoms with Crippen molar-refractivity contribution in [2.24, 2.45) is 27.2 Å². The Bertz CT molecular complexity index is 541. The standard InChI is InChI=1S/C14H21N5/c1-8-6-9(2)10-4-3-5-12(11(10)7-8)18-14(17)19-13(15)16/h6-7,12H,3-5H2,1-2H3,(H6,15,16,17,18,19). The maximum absolute atomic E-state index is 5.74. The third-order valence-corrected chi connectivity index (χ3v) is 3.45. The zero-order valence-corrected chi connectivity index (χ0v) is 11.5. The van der Waals surface area contributed by atoms with Crippen LogP contribution in [0.2, 0.25) is 0 Å². The van der Waals surface area contributed by atoms with Gasteiger partial charge in [0.15, 0.2) is 5.96 Å². The Kier molecular flexibility index (Phi) is 3.74. The molecule has 2 rings (SSSR count). The van der Waals surface area contributed by atoms with Gasteiger partial charge in [0.2, 0.25) is 5.96 Å². The van der Waals surface area contributed by atoms with Crippen LogP contribution in [-0.2, 0) is 6.42 Å². The van der Waals surface area contributed by atoms with Gasteiger partial charge in [-0.05, 0) is 49.8 Å². The minimum absolute atomic E-state index is 0.0577. The van der Waals surface area contributed by atoms with Crippen LogP contribution in [0.4, 0.5) is 0 Å². The molecule has 0 amide bonds. The summed E-state index contributed by atoms with van der Waals surface area (Å²) in [4.78, 5) is 8.24. The molecule has 0 bridgehead atoms. The molecule has 19 heavy (non-hydrogen) atoms. The number of aryl methyl sites for hydroxylation is 2. The molecule has 1 aromatic rings. The van der Waals surface area contributed by atoms with Crippen molar-refractivity contribution >= 4 is 11.9 Å². The molecular formula is C14H21N5. The van der Waals surface area contributed by atoms with E-state index in [1.54, 1.807) is 0 Å². The van der Waals surface area contributed by atoms with Crippen molar-refractivity contribution in [3.8, 4) is 0 Å². The quantitative estimate of drug-likeness (QED) is 0.522. The lowest BCUT2D eigenvalue weighted by atomic mass is 9.84. The number of rotatable bonds is 1. The van der Waals surface area contributed by atoms with E-state index in [0.717, 1.165) is 19.3 Å². The maximum Gasteiger partial charge on any atom is 0.219 e. The van der Waals surface area contributed by atoms with Gasteiger partial charge in [-0.3, -0.25) is 0 Å². The monoisotopic (exact) mass is 259 g/mol. The van der Waals surface area contributed by atoms with E-state index in [-0.39, 0.29) is 18.0 Å². The van der Waals surface area contributed by atoms with E-state index in [2.05, 4.69) is 36.0 Å². The Hall–Kier alpha value is -2.04. The fourth-order valence-electron chi connectivity index (χ4n) is 2.75. The molecule has 0 saturated carbocycles. The first-order valence-electron chi connectivity index (χ1n) is 6.50. The first-order valence-corrected chi connectivity index (χ1v) is 6.50. The SMILES string of the molecule is Cc1cc(C)c2c(c1)C(N=C(N)N=C(N)N)CCC2. The van der Waals surface area contributed by atoms with Crippen LogP contribution in [0.1, 0.15) is 41.1 Å². The van der Waals surface area contributed by atoms with Gasteiger partial charge < -0.3 is 17.2 Å². The van der Waals surface area contributed by atoms with Gasteiger partial charge in [0, 0.05) is 0 Å². The summed E-state index contributed by atoms with van der Waals surface area (Å²) in [5.41, 5.74) is 21.6. The molecule has 0 spiro atoms. The predicted octanol–water partition coefficient (Wildman–Crippen LogP) is 1.27. The average molecular weight is 259 g/mol. The number of hydrogen-bond acceptors (Lipinski definition) is 1. The summed E-state index contributed by atoms with van der Waals surface area (Å²) in [6.45, 7) is 4.25. The Balaban J connectivity index is 2.40. The van der Waals surface area contributed by atoms with E-state index in [1.807, 2.05) is 0 Å². The van der Waals surface area contributed by atoms with E-state index >= 15 is 0 Å². The summed E-state index contributed by atoms with van der Waals surface area (Å²) in [5, 5.41) is 0. The first-order chi connectivity index (χ1) is 8.97. The molecule has 0 radical (unpaired) electrons. The smallest absolute Gasteiger partial charge is 0.219 e. The zero-order chi connectivity index (χ0) is 14.0. The van der Waals surface area contributed by atoms with E-state index in [1.165, 1.54) is 22.3 Å². The van der Waals surface area contributed by atoms with Gasteiger partial charge in [-0.15, -0.1) is 0 Å². The number of aliphatic imine (C=N–C) groups is 2. The summed E-state index contributed by atoms with van der Waals surface area (Å²) in [5.74, 6) is 0.0923. The van der Waals surface area contributed by atoms with Gasteiger partial charge in [-0.25, -0.2) is 4.99 Å². The van der Waals surface area contributed by atoms with Gasteiger partial charge in [0.05, 0.1) is 6.04 Å². The van der Waals surface area contributed by atoms with Gasteiger partial charge >= 0.3 is 0 Å². The van der Waals surface area contributed by atoms with Crippen molar-refractivity contribution in [3.63, 3.8) is 0 Å². The molecule has 0 fully saturated rings.